The van der Waals surface area contributed by atoms with Crippen LogP contribution in [0.15, 0.2) is 0 Å². The molecular formula is C14H27NO. The Labute approximate surface area is 100.0 Å². The van der Waals surface area contributed by atoms with Crippen molar-refractivity contribution in [2.75, 3.05) is 6.54 Å². The average Bonchev–Trinajstić information content (AvgIpc) is 2.30. The van der Waals surface area contributed by atoms with Gasteiger partial charge in [-0.15, -0.1) is 0 Å². The van der Waals surface area contributed by atoms with E-state index < -0.39 is 0 Å². The van der Waals surface area contributed by atoms with Crippen molar-refractivity contribution in [2.24, 2.45) is 11.7 Å². The maximum absolute atomic E-state index is 11.7. The summed E-state index contributed by atoms with van der Waals surface area (Å²) in [5.41, 5.74) is 5.43. The number of Topliss-reactive ketones (excluding diaryl/α,β-unsaturated/α-hetero) is 1. The fraction of sp³-hybridized carbons (Fsp3) is 0.929. The van der Waals surface area contributed by atoms with Crippen molar-refractivity contribution in [3.63, 3.8) is 0 Å². The Hall–Kier alpha value is -0.370. The van der Waals surface area contributed by atoms with Gasteiger partial charge in [0.15, 0.2) is 0 Å². The number of ketones is 1. The zero-order chi connectivity index (χ0) is 11.6. The Morgan fingerprint density at radius 3 is 2.38 bits per heavy atom. The lowest BCUT2D eigenvalue weighted by molar-refractivity contribution is -0.120. The lowest BCUT2D eigenvalue weighted by atomic mass is 9.85. The first-order valence-corrected chi connectivity index (χ1v) is 7.04. The molecule has 0 saturated heterocycles. The summed E-state index contributed by atoms with van der Waals surface area (Å²) in [7, 11) is 0. The highest BCUT2D eigenvalue weighted by molar-refractivity contribution is 5.78. The quantitative estimate of drug-likeness (QED) is 0.643. The molecule has 16 heavy (non-hydrogen) atoms. The van der Waals surface area contributed by atoms with Crippen molar-refractivity contribution in [3.05, 3.63) is 0 Å². The van der Waals surface area contributed by atoms with Crippen molar-refractivity contribution in [3.8, 4) is 0 Å². The molecule has 1 aliphatic carbocycles. The van der Waals surface area contributed by atoms with Crippen LogP contribution in [-0.2, 0) is 4.79 Å². The van der Waals surface area contributed by atoms with E-state index in [1.807, 2.05) is 0 Å². The van der Waals surface area contributed by atoms with Crippen LogP contribution >= 0.6 is 0 Å². The molecule has 0 amide bonds. The summed E-state index contributed by atoms with van der Waals surface area (Å²) in [6.07, 6.45) is 12.9. The van der Waals surface area contributed by atoms with Gasteiger partial charge in [-0.05, 0) is 25.3 Å². The second-order valence-corrected chi connectivity index (χ2v) is 5.20. The number of hydrogen-bond donors (Lipinski definition) is 1. The van der Waals surface area contributed by atoms with E-state index in [0.29, 0.717) is 11.7 Å². The van der Waals surface area contributed by atoms with Crippen LogP contribution in [0.4, 0.5) is 0 Å². The van der Waals surface area contributed by atoms with Gasteiger partial charge in [0, 0.05) is 12.8 Å². The smallest absolute Gasteiger partial charge is 0.133 e. The highest BCUT2D eigenvalue weighted by Gasteiger charge is 2.16. The van der Waals surface area contributed by atoms with Gasteiger partial charge < -0.3 is 5.73 Å². The first-order valence-electron chi connectivity index (χ1n) is 7.04. The molecule has 1 aliphatic rings. The summed E-state index contributed by atoms with van der Waals surface area (Å²) in [5, 5.41) is 0. The van der Waals surface area contributed by atoms with E-state index >= 15 is 0 Å². The zero-order valence-corrected chi connectivity index (χ0v) is 10.5. The molecule has 0 unspecified atom stereocenters. The van der Waals surface area contributed by atoms with E-state index in [2.05, 4.69) is 0 Å². The van der Waals surface area contributed by atoms with Crippen LogP contribution in [0.3, 0.4) is 0 Å². The molecule has 2 nitrogen and oxygen atoms in total. The van der Waals surface area contributed by atoms with Crippen molar-refractivity contribution in [1.82, 2.24) is 0 Å². The van der Waals surface area contributed by atoms with Gasteiger partial charge in [0.1, 0.15) is 5.78 Å². The number of carbonyl (C=O) groups is 1. The normalized spacial score (nSPS) is 17.6. The molecule has 0 atom stereocenters. The van der Waals surface area contributed by atoms with Gasteiger partial charge in [0.2, 0.25) is 0 Å². The number of rotatable bonds is 8. The lowest BCUT2D eigenvalue weighted by Crippen LogP contribution is -2.11. The Bertz CT molecular complexity index is 185. The first kappa shape index (κ1) is 13.7. The second-order valence-electron chi connectivity index (χ2n) is 5.20. The zero-order valence-electron chi connectivity index (χ0n) is 10.5. The monoisotopic (exact) mass is 225 g/mol. The van der Waals surface area contributed by atoms with E-state index in [0.717, 1.165) is 32.2 Å². The second kappa shape index (κ2) is 8.74. The van der Waals surface area contributed by atoms with Gasteiger partial charge in [-0.25, -0.2) is 0 Å². The molecule has 0 aromatic carbocycles. The van der Waals surface area contributed by atoms with Crippen LogP contribution in [-0.4, -0.2) is 12.3 Å². The summed E-state index contributed by atoms with van der Waals surface area (Å²) in [4.78, 5) is 11.7. The first-order chi connectivity index (χ1) is 7.83. The minimum atomic E-state index is 0.500. The molecule has 0 spiro atoms. The van der Waals surface area contributed by atoms with E-state index in [-0.39, 0.29) is 0 Å². The average molecular weight is 225 g/mol. The Kier molecular flexibility index (Phi) is 7.48. The molecule has 1 fully saturated rings. The summed E-state index contributed by atoms with van der Waals surface area (Å²) >= 11 is 0. The Morgan fingerprint density at radius 1 is 1.00 bits per heavy atom. The summed E-state index contributed by atoms with van der Waals surface area (Å²) < 4.78 is 0. The van der Waals surface area contributed by atoms with Gasteiger partial charge in [-0.1, -0.05) is 44.9 Å². The third-order valence-electron chi connectivity index (χ3n) is 3.65. The highest BCUT2D eigenvalue weighted by atomic mass is 16.1. The lowest BCUT2D eigenvalue weighted by Gasteiger charge is -2.20. The molecule has 2 heteroatoms. The molecule has 0 radical (unpaired) electrons. The van der Waals surface area contributed by atoms with Crippen LogP contribution in [0.1, 0.15) is 70.6 Å². The van der Waals surface area contributed by atoms with Crippen LogP contribution in [0.5, 0.6) is 0 Å². The summed E-state index contributed by atoms with van der Waals surface area (Å²) in [6, 6.07) is 0. The van der Waals surface area contributed by atoms with Crippen LogP contribution in [0.25, 0.3) is 0 Å². The molecule has 0 heterocycles. The fourth-order valence-corrected chi connectivity index (χ4v) is 2.64. The molecule has 1 saturated carbocycles. The summed E-state index contributed by atoms with van der Waals surface area (Å²) in [6.45, 7) is 0.788. The number of hydrogen-bond acceptors (Lipinski definition) is 2. The van der Waals surface area contributed by atoms with Crippen LogP contribution in [0.2, 0.25) is 0 Å². The maximum Gasteiger partial charge on any atom is 0.133 e. The van der Waals surface area contributed by atoms with Gasteiger partial charge in [-0.2, -0.15) is 0 Å². The fourth-order valence-electron chi connectivity index (χ4n) is 2.64. The Morgan fingerprint density at radius 2 is 1.69 bits per heavy atom. The summed E-state index contributed by atoms with van der Waals surface area (Å²) in [5.74, 6) is 1.21. The molecule has 2 N–H and O–H groups in total. The van der Waals surface area contributed by atoms with Crippen molar-refractivity contribution in [2.45, 2.75) is 70.6 Å². The number of nitrogens with two attached hydrogens (primary N) is 1. The van der Waals surface area contributed by atoms with Crippen molar-refractivity contribution >= 4 is 5.78 Å². The molecule has 0 bridgehead atoms. The minimum Gasteiger partial charge on any atom is -0.330 e. The predicted molar refractivity (Wildman–Crippen MR) is 68.3 cm³/mol. The SMILES string of the molecule is NCCCCCCC(=O)CC1CCCCC1. The number of carbonyl (C=O) groups excluding carboxylic acids is 1. The molecule has 0 aliphatic heterocycles. The van der Waals surface area contributed by atoms with Crippen molar-refractivity contribution < 1.29 is 4.79 Å². The van der Waals surface area contributed by atoms with E-state index in [4.69, 9.17) is 5.73 Å². The maximum atomic E-state index is 11.7. The highest BCUT2D eigenvalue weighted by Crippen LogP contribution is 2.27. The van der Waals surface area contributed by atoms with E-state index in [9.17, 15) is 4.79 Å². The van der Waals surface area contributed by atoms with Crippen molar-refractivity contribution in [1.29, 1.82) is 0 Å². The number of unbranched alkanes of at least 4 members (excludes halogenated alkanes) is 3. The van der Waals surface area contributed by atoms with Gasteiger partial charge in [-0.3, -0.25) is 4.79 Å². The molecule has 1 rings (SSSR count). The standard InChI is InChI=1S/C14H27NO/c15-11-7-2-1-6-10-14(16)12-13-8-4-3-5-9-13/h13H,1-12,15H2. The van der Waals surface area contributed by atoms with Gasteiger partial charge in [0.05, 0.1) is 0 Å². The molecular weight excluding hydrogens is 198 g/mol. The third kappa shape index (κ3) is 6.26. The third-order valence-corrected chi connectivity index (χ3v) is 3.65. The Balaban J connectivity index is 1.97. The van der Waals surface area contributed by atoms with E-state index in [1.54, 1.807) is 0 Å². The van der Waals surface area contributed by atoms with E-state index in [1.165, 1.54) is 44.9 Å². The minimum absolute atomic E-state index is 0.500. The van der Waals surface area contributed by atoms with Gasteiger partial charge in [0.25, 0.3) is 0 Å². The van der Waals surface area contributed by atoms with Crippen LogP contribution < -0.4 is 5.73 Å². The molecule has 0 aromatic rings. The molecule has 94 valence electrons. The largest absolute Gasteiger partial charge is 0.330 e. The topological polar surface area (TPSA) is 43.1 Å². The molecule has 0 aromatic heterocycles. The van der Waals surface area contributed by atoms with Crippen LogP contribution in [0, 0.1) is 5.92 Å². The van der Waals surface area contributed by atoms with Gasteiger partial charge >= 0.3 is 0 Å². The predicted octanol–water partition coefficient (Wildman–Crippen LogP) is 3.44.